The van der Waals surface area contributed by atoms with Gasteiger partial charge in [0.05, 0.1) is 11.0 Å². The predicted molar refractivity (Wildman–Crippen MR) is 232 cm³/mol. The third-order valence-electron chi connectivity index (χ3n) is 10.8. The fourth-order valence-corrected chi connectivity index (χ4v) is 8.38. The highest BCUT2D eigenvalue weighted by Gasteiger charge is 2.20. The quantitative estimate of drug-likeness (QED) is 0.126. The van der Waals surface area contributed by atoms with Gasteiger partial charge in [0.1, 0.15) is 12.7 Å². The molecule has 0 saturated carbocycles. The van der Waals surface area contributed by atoms with E-state index in [4.69, 9.17) is 9.97 Å². The smallest absolute Gasteiger partial charge is 0.116 e. The van der Waals surface area contributed by atoms with Crippen LogP contribution < -0.4 is 9.80 Å². The lowest BCUT2D eigenvalue weighted by atomic mass is 9.91. The summed E-state index contributed by atoms with van der Waals surface area (Å²) in [5.74, 6) is 0. The van der Waals surface area contributed by atoms with Crippen LogP contribution in [0.4, 0.5) is 34.1 Å². The first-order valence-electron chi connectivity index (χ1n) is 18.7. The van der Waals surface area contributed by atoms with Gasteiger partial charge in [-0.2, -0.15) is 0 Å². The summed E-state index contributed by atoms with van der Waals surface area (Å²) in [5.41, 5.74) is 8.28. The Labute approximate surface area is 322 Å². The normalized spacial score (nSPS) is 11.6. The van der Waals surface area contributed by atoms with Gasteiger partial charge >= 0.3 is 0 Å². The summed E-state index contributed by atoms with van der Waals surface area (Å²) in [7, 11) is 0. The van der Waals surface area contributed by atoms with E-state index >= 15 is 0 Å². The maximum absolute atomic E-state index is 4.93. The lowest BCUT2D eigenvalue weighted by Gasteiger charge is -2.26. The molecular formula is C50H32N6. The summed E-state index contributed by atoms with van der Waals surface area (Å²) in [6.45, 7) is 0. The topological polar surface area (TPSA) is 58.0 Å². The molecule has 6 heteroatoms. The van der Waals surface area contributed by atoms with Crippen LogP contribution in [-0.4, -0.2) is 19.9 Å². The molecule has 0 aliphatic rings. The summed E-state index contributed by atoms with van der Waals surface area (Å²) >= 11 is 0. The molecule has 0 fully saturated rings. The molecule has 56 heavy (non-hydrogen) atoms. The number of rotatable bonds is 6. The van der Waals surface area contributed by atoms with E-state index in [-0.39, 0.29) is 0 Å². The summed E-state index contributed by atoms with van der Waals surface area (Å²) < 4.78 is 0. The minimum absolute atomic E-state index is 0.918. The number of para-hydroxylation sites is 4. The van der Waals surface area contributed by atoms with Crippen LogP contribution in [0.3, 0.4) is 0 Å². The van der Waals surface area contributed by atoms with Crippen LogP contribution in [0.1, 0.15) is 0 Å². The number of aromatic nitrogens is 4. The molecule has 0 N–H and O–H groups in total. The van der Waals surface area contributed by atoms with Crippen LogP contribution >= 0.6 is 0 Å². The van der Waals surface area contributed by atoms with Crippen molar-refractivity contribution in [2.24, 2.45) is 0 Å². The molecule has 11 aromatic rings. The van der Waals surface area contributed by atoms with Crippen molar-refractivity contribution in [3.63, 3.8) is 0 Å². The Bertz CT molecular complexity index is 2950. The number of nitrogens with zero attached hydrogens (tertiary/aromatic N) is 6. The Hall–Kier alpha value is -7.70. The number of benzene rings is 9. The fourth-order valence-electron chi connectivity index (χ4n) is 8.38. The average Bonchev–Trinajstić information content (AvgIpc) is 3.28. The minimum atomic E-state index is 0.918. The lowest BCUT2D eigenvalue weighted by Crippen LogP contribution is -2.09. The van der Waals surface area contributed by atoms with Crippen molar-refractivity contribution in [3.05, 3.63) is 195 Å². The maximum Gasteiger partial charge on any atom is 0.116 e. The van der Waals surface area contributed by atoms with Gasteiger partial charge in [-0.25, -0.2) is 19.9 Å². The van der Waals surface area contributed by atoms with Crippen molar-refractivity contribution < 1.29 is 0 Å². The third kappa shape index (κ3) is 5.11. The first kappa shape index (κ1) is 31.8. The van der Waals surface area contributed by atoms with E-state index in [0.29, 0.717) is 0 Å². The molecule has 262 valence electrons. The van der Waals surface area contributed by atoms with E-state index in [2.05, 4.69) is 190 Å². The molecule has 2 heterocycles. The molecule has 0 bridgehead atoms. The number of hydrogen-bond donors (Lipinski definition) is 0. The second-order valence-corrected chi connectivity index (χ2v) is 14.0. The predicted octanol–water partition coefficient (Wildman–Crippen LogP) is 13.1. The largest absolute Gasteiger partial charge is 0.310 e. The van der Waals surface area contributed by atoms with Gasteiger partial charge in [0.15, 0.2) is 0 Å². The molecule has 0 radical (unpaired) electrons. The maximum atomic E-state index is 4.93. The van der Waals surface area contributed by atoms with Gasteiger partial charge in [-0.3, -0.25) is 0 Å². The van der Waals surface area contributed by atoms with Crippen molar-refractivity contribution in [2.45, 2.75) is 0 Å². The zero-order valence-electron chi connectivity index (χ0n) is 30.2. The Balaban J connectivity index is 1.18. The molecule has 0 atom stereocenters. The van der Waals surface area contributed by atoms with Crippen molar-refractivity contribution in [1.82, 2.24) is 19.9 Å². The molecule has 0 aliphatic carbocycles. The van der Waals surface area contributed by atoms with Crippen LogP contribution in [0.2, 0.25) is 0 Å². The Kier molecular flexibility index (Phi) is 7.38. The third-order valence-corrected chi connectivity index (χ3v) is 10.8. The van der Waals surface area contributed by atoms with Gasteiger partial charge < -0.3 is 9.80 Å². The second-order valence-electron chi connectivity index (χ2n) is 14.0. The van der Waals surface area contributed by atoms with Crippen LogP contribution in [0.5, 0.6) is 0 Å². The first-order chi connectivity index (χ1) is 27.8. The van der Waals surface area contributed by atoms with E-state index in [0.717, 1.165) is 99.0 Å². The number of hydrogen-bond acceptors (Lipinski definition) is 6. The zero-order chi connectivity index (χ0) is 37.0. The molecular weight excluding hydrogens is 685 g/mol. The van der Waals surface area contributed by atoms with Gasteiger partial charge in [0, 0.05) is 68.1 Å². The van der Waals surface area contributed by atoms with Gasteiger partial charge in [0.25, 0.3) is 0 Å². The summed E-state index contributed by atoms with van der Waals surface area (Å²) in [4.78, 5) is 23.6. The molecule has 11 rings (SSSR count). The standard InChI is InChI=1S/C50H32N6/c1-5-13-33(14-6-1)55(34-15-7-2-8-16-34)37-21-23-39-41-27-44-42(28-43(41)47-29-51-31-53-49(47)45(39)25-37)40-24-22-38(26-46(40)50-48(44)30-52-32-54-50)56(35-17-9-3-10-18-35)36-19-11-4-12-20-36/h1-32H. The Morgan fingerprint density at radius 3 is 0.964 bits per heavy atom. The average molecular weight is 717 g/mol. The van der Waals surface area contributed by atoms with Crippen LogP contribution in [0.25, 0.3) is 64.9 Å². The highest BCUT2D eigenvalue weighted by atomic mass is 15.1. The first-order valence-corrected chi connectivity index (χ1v) is 18.7. The van der Waals surface area contributed by atoms with E-state index in [1.165, 1.54) is 0 Å². The van der Waals surface area contributed by atoms with E-state index < -0.39 is 0 Å². The molecule has 0 amide bonds. The van der Waals surface area contributed by atoms with Gasteiger partial charge in [-0.05, 0) is 117 Å². The Morgan fingerprint density at radius 1 is 0.268 bits per heavy atom. The van der Waals surface area contributed by atoms with Crippen molar-refractivity contribution in [1.29, 1.82) is 0 Å². The molecule has 6 nitrogen and oxygen atoms in total. The molecule has 2 aromatic heterocycles. The highest BCUT2D eigenvalue weighted by Crippen LogP contribution is 2.45. The minimum Gasteiger partial charge on any atom is -0.310 e. The van der Waals surface area contributed by atoms with Crippen molar-refractivity contribution in [3.8, 4) is 0 Å². The molecule has 0 unspecified atom stereocenters. The lowest BCUT2D eigenvalue weighted by molar-refractivity contribution is 1.23. The molecule has 0 saturated heterocycles. The van der Waals surface area contributed by atoms with E-state index in [9.17, 15) is 0 Å². The van der Waals surface area contributed by atoms with Crippen LogP contribution in [0, 0.1) is 0 Å². The summed E-state index contributed by atoms with van der Waals surface area (Å²) in [6, 6.07) is 60.1. The summed E-state index contributed by atoms with van der Waals surface area (Å²) in [5, 5.41) is 10.9. The molecule has 9 aromatic carbocycles. The van der Waals surface area contributed by atoms with E-state index in [1.807, 2.05) is 12.4 Å². The second kappa shape index (κ2) is 13.0. The molecule has 0 spiro atoms. The van der Waals surface area contributed by atoms with Crippen LogP contribution in [0.15, 0.2) is 195 Å². The van der Waals surface area contributed by atoms with Crippen LogP contribution in [-0.2, 0) is 0 Å². The summed E-state index contributed by atoms with van der Waals surface area (Å²) in [6.07, 6.45) is 7.22. The van der Waals surface area contributed by atoms with Gasteiger partial charge in [0.2, 0.25) is 0 Å². The zero-order valence-corrected chi connectivity index (χ0v) is 30.2. The number of fused-ring (bicyclic) bond motifs is 12. The monoisotopic (exact) mass is 716 g/mol. The fraction of sp³-hybridized carbons (Fsp3) is 0. The number of anilines is 6. The van der Waals surface area contributed by atoms with Crippen molar-refractivity contribution in [2.75, 3.05) is 9.80 Å². The Morgan fingerprint density at radius 2 is 0.607 bits per heavy atom. The van der Waals surface area contributed by atoms with Gasteiger partial charge in [-0.1, -0.05) is 84.9 Å². The molecule has 0 aliphatic heterocycles. The SMILES string of the molecule is c1ccc(N(c2ccccc2)c2ccc3c4cc5c(cc4c4cncnc4c3c2)c2ccc(N(c3ccccc3)c3ccccc3)cc2c2ncncc52)cc1. The van der Waals surface area contributed by atoms with Crippen molar-refractivity contribution >= 4 is 99.0 Å². The van der Waals surface area contributed by atoms with Gasteiger partial charge in [-0.15, -0.1) is 0 Å². The highest BCUT2D eigenvalue weighted by molar-refractivity contribution is 6.32. The van der Waals surface area contributed by atoms with E-state index in [1.54, 1.807) is 12.7 Å².